The Morgan fingerprint density at radius 1 is 1.23 bits per heavy atom. The summed E-state index contributed by atoms with van der Waals surface area (Å²) in [5.74, 6) is -0.652. The fraction of sp³-hybridized carbons (Fsp3) is 0.143. The molecule has 0 radical (unpaired) electrons. The van der Waals surface area contributed by atoms with Gasteiger partial charge in [-0.05, 0) is 36.4 Å². The molecular formula is C21H19FN6O3. The highest BCUT2D eigenvalue weighted by molar-refractivity contribution is 6.44. The van der Waals surface area contributed by atoms with Crippen molar-refractivity contribution in [2.75, 3.05) is 17.4 Å². The van der Waals surface area contributed by atoms with Gasteiger partial charge < -0.3 is 15.8 Å². The van der Waals surface area contributed by atoms with Gasteiger partial charge in [0.05, 0.1) is 18.5 Å². The van der Waals surface area contributed by atoms with Gasteiger partial charge in [-0.2, -0.15) is 10.2 Å². The largest absolute Gasteiger partial charge is 0.496 e. The van der Waals surface area contributed by atoms with Gasteiger partial charge in [0.25, 0.3) is 5.91 Å². The number of aromatic amines is 1. The lowest BCUT2D eigenvalue weighted by Crippen LogP contribution is -2.39. The highest BCUT2D eigenvalue weighted by atomic mass is 19.1. The number of rotatable bonds is 6. The Labute approximate surface area is 176 Å². The molecule has 0 spiro atoms. The summed E-state index contributed by atoms with van der Waals surface area (Å²) in [6, 6.07) is 13.6. The number of aromatic nitrogens is 2. The van der Waals surface area contributed by atoms with Gasteiger partial charge in [-0.25, -0.2) is 4.39 Å². The number of halogens is 1. The number of para-hydroxylation sites is 1. The van der Waals surface area contributed by atoms with E-state index in [9.17, 15) is 14.0 Å². The first-order valence-corrected chi connectivity index (χ1v) is 9.38. The van der Waals surface area contributed by atoms with Crippen LogP contribution in [0, 0.1) is 5.82 Å². The molecule has 1 aliphatic rings. The van der Waals surface area contributed by atoms with Gasteiger partial charge >= 0.3 is 0 Å². The van der Waals surface area contributed by atoms with Crippen LogP contribution in [0.2, 0.25) is 0 Å². The van der Waals surface area contributed by atoms with Crippen LogP contribution in [-0.4, -0.2) is 40.9 Å². The molecular weight excluding hydrogens is 403 g/mol. The third-order valence-corrected chi connectivity index (χ3v) is 4.81. The smallest absolute Gasteiger partial charge is 0.273 e. The fourth-order valence-electron chi connectivity index (χ4n) is 3.28. The number of anilines is 2. The molecule has 31 heavy (non-hydrogen) atoms. The maximum absolute atomic E-state index is 13.2. The molecule has 2 aromatic carbocycles. The molecule has 9 nitrogen and oxygen atoms in total. The highest BCUT2D eigenvalue weighted by Gasteiger charge is 2.35. The second-order valence-corrected chi connectivity index (χ2v) is 6.81. The first kappa shape index (κ1) is 20.1. The number of amides is 2. The molecule has 158 valence electrons. The highest BCUT2D eigenvalue weighted by Crippen LogP contribution is 2.29. The maximum Gasteiger partial charge on any atom is 0.273 e. The number of ether oxygens (including phenoxy) is 1. The maximum atomic E-state index is 13.2. The van der Waals surface area contributed by atoms with Gasteiger partial charge in [0, 0.05) is 18.1 Å². The van der Waals surface area contributed by atoms with Crippen molar-refractivity contribution in [3.05, 3.63) is 60.4 Å². The van der Waals surface area contributed by atoms with E-state index in [0.29, 0.717) is 17.1 Å². The van der Waals surface area contributed by atoms with Gasteiger partial charge in [0.1, 0.15) is 23.3 Å². The number of nitrogens with two attached hydrogens (primary N) is 1. The molecule has 3 aromatic rings. The van der Waals surface area contributed by atoms with Crippen LogP contribution in [0.3, 0.4) is 0 Å². The molecule has 4 N–H and O–H groups in total. The second kappa shape index (κ2) is 8.27. The standard InChI is InChI=1S/C21H19FN6O3/c1-31-18-5-3-2-4-14(18)15-11-19(26-25-15)24-21(30)16-10-17(20(23)29)28(27-16)13-8-6-12(22)7-9-13/h2-9,11,17H,10H2,1H3,(H2,23,29)(H2,24,25,26,30). The average molecular weight is 422 g/mol. The molecule has 0 saturated heterocycles. The summed E-state index contributed by atoms with van der Waals surface area (Å²) in [7, 11) is 1.57. The van der Waals surface area contributed by atoms with Crippen LogP contribution in [0.1, 0.15) is 6.42 Å². The molecule has 0 aliphatic carbocycles. The summed E-state index contributed by atoms with van der Waals surface area (Å²) in [6.45, 7) is 0. The van der Waals surface area contributed by atoms with Crippen LogP contribution in [0.25, 0.3) is 11.3 Å². The summed E-state index contributed by atoms with van der Waals surface area (Å²) in [4.78, 5) is 24.6. The normalized spacial score (nSPS) is 15.5. The van der Waals surface area contributed by atoms with E-state index in [1.165, 1.54) is 29.3 Å². The Bertz CT molecular complexity index is 1160. The number of carbonyl (C=O) groups is 2. The topological polar surface area (TPSA) is 126 Å². The molecule has 4 rings (SSSR count). The second-order valence-electron chi connectivity index (χ2n) is 6.81. The van der Waals surface area contributed by atoms with Gasteiger partial charge in [-0.15, -0.1) is 0 Å². The Kier molecular flexibility index (Phi) is 5.35. The number of hydrogen-bond acceptors (Lipinski definition) is 6. The van der Waals surface area contributed by atoms with E-state index in [-0.39, 0.29) is 18.0 Å². The number of nitrogens with one attached hydrogen (secondary N) is 2. The lowest BCUT2D eigenvalue weighted by Gasteiger charge is -2.20. The lowest BCUT2D eigenvalue weighted by atomic mass is 10.1. The third kappa shape index (κ3) is 4.08. The van der Waals surface area contributed by atoms with Crippen LogP contribution < -0.4 is 20.8 Å². The van der Waals surface area contributed by atoms with E-state index in [2.05, 4.69) is 20.6 Å². The zero-order chi connectivity index (χ0) is 22.0. The quantitative estimate of drug-likeness (QED) is 0.562. The first-order valence-electron chi connectivity index (χ1n) is 9.38. The minimum Gasteiger partial charge on any atom is -0.496 e. The van der Waals surface area contributed by atoms with Crippen LogP contribution in [-0.2, 0) is 9.59 Å². The molecule has 0 fully saturated rings. The number of primary amides is 1. The fourth-order valence-corrected chi connectivity index (χ4v) is 3.28. The molecule has 10 heteroatoms. The van der Waals surface area contributed by atoms with E-state index >= 15 is 0 Å². The molecule has 2 heterocycles. The first-order chi connectivity index (χ1) is 15.0. The Hall–Kier alpha value is -4.21. The Balaban J connectivity index is 1.53. The van der Waals surface area contributed by atoms with E-state index in [1.54, 1.807) is 13.2 Å². The number of hydrazone groups is 1. The van der Waals surface area contributed by atoms with Gasteiger partial charge in [-0.1, -0.05) is 12.1 Å². The SMILES string of the molecule is COc1ccccc1-c1cc(NC(=O)C2=NN(c3ccc(F)cc3)C(C(N)=O)C2)n[nH]1. The number of H-pyrrole nitrogens is 1. The summed E-state index contributed by atoms with van der Waals surface area (Å²) in [6.07, 6.45) is 0.0162. The van der Waals surface area contributed by atoms with Crippen molar-refractivity contribution < 1.29 is 18.7 Å². The van der Waals surface area contributed by atoms with E-state index in [4.69, 9.17) is 10.5 Å². The molecule has 1 unspecified atom stereocenters. The van der Waals surface area contributed by atoms with Gasteiger partial charge in [-0.3, -0.25) is 19.7 Å². The van der Waals surface area contributed by atoms with Gasteiger partial charge in [0.2, 0.25) is 5.91 Å². The minimum atomic E-state index is -0.852. The molecule has 0 saturated carbocycles. The predicted molar refractivity (Wildman–Crippen MR) is 113 cm³/mol. The van der Waals surface area contributed by atoms with Gasteiger partial charge in [0.15, 0.2) is 5.82 Å². The average Bonchev–Trinajstić information content (AvgIpc) is 3.42. The molecule has 1 aromatic heterocycles. The van der Waals surface area contributed by atoms with Crippen molar-refractivity contribution in [2.45, 2.75) is 12.5 Å². The summed E-state index contributed by atoms with van der Waals surface area (Å²) >= 11 is 0. The number of benzene rings is 2. The molecule has 1 aliphatic heterocycles. The van der Waals surface area contributed by atoms with Crippen LogP contribution in [0.4, 0.5) is 15.9 Å². The van der Waals surface area contributed by atoms with Crippen LogP contribution in [0.5, 0.6) is 5.75 Å². The zero-order valence-electron chi connectivity index (χ0n) is 16.5. The van der Waals surface area contributed by atoms with Crippen LogP contribution in [0.15, 0.2) is 59.7 Å². The third-order valence-electron chi connectivity index (χ3n) is 4.81. The van der Waals surface area contributed by atoms with E-state index < -0.39 is 23.7 Å². The number of nitrogens with zero attached hydrogens (tertiary/aromatic N) is 3. The lowest BCUT2D eigenvalue weighted by molar-refractivity contribution is -0.119. The molecule has 1 atom stereocenters. The van der Waals surface area contributed by atoms with E-state index in [1.807, 2.05) is 24.3 Å². The van der Waals surface area contributed by atoms with Crippen molar-refractivity contribution in [3.63, 3.8) is 0 Å². The van der Waals surface area contributed by atoms with Crippen molar-refractivity contribution in [2.24, 2.45) is 10.8 Å². The number of hydrogen-bond donors (Lipinski definition) is 3. The summed E-state index contributed by atoms with van der Waals surface area (Å²) in [5.41, 5.74) is 7.47. The zero-order valence-corrected chi connectivity index (χ0v) is 16.5. The predicted octanol–water partition coefficient (Wildman–Crippen LogP) is 2.28. The van der Waals surface area contributed by atoms with Crippen molar-refractivity contribution in [1.82, 2.24) is 10.2 Å². The van der Waals surface area contributed by atoms with Crippen molar-refractivity contribution in [1.29, 1.82) is 0 Å². The monoisotopic (exact) mass is 422 g/mol. The van der Waals surface area contributed by atoms with Crippen LogP contribution >= 0.6 is 0 Å². The molecule has 2 amide bonds. The summed E-state index contributed by atoms with van der Waals surface area (Å²) < 4.78 is 18.6. The number of carbonyl (C=O) groups excluding carboxylic acids is 2. The van der Waals surface area contributed by atoms with Crippen molar-refractivity contribution >= 4 is 29.0 Å². The summed E-state index contributed by atoms with van der Waals surface area (Å²) in [5, 5.41) is 15.2. The molecule has 0 bridgehead atoms. The minimum absolute atomic E-state index is 0.0162. The van der Waals surface area contributed by atoms with Crippen molar-refractivity contribution in [3.8, 4) is 17.0 Å². The Morgan fingerprint density at radius 2 is 1.97 bits per heavy atom. The Morgan fingerprint density at radius 3 is 2.68 bits per heavy atom. The van der Waals surface area contributed by atoms with E-state index in [0.717, 1.165) is 5.56 Å². The number of methoxy groups -OCH3 is 1.